The fourth-order valence-electron chi connectivity index (χ4n) is 3.25. The summed E-state index contributed by atoms with van der Waals surface area (Å²) >= 11 is 0. The second-order valence-electron chi connectivity index (χ2n) is 8.00. The predicted molar refractivity (Wildman–Crippen MR) is 97.3 cm³/mol. The number of nitrogens with zero attached hydrogens (tertiary/aromatic N) is 1. The number of nitrogens with one attached hydrogen (secondary N) is 1. The third-order valence-corrected chi connectivity index (χ3v) is 4.80. The fourth-order valence-corrected chi connectivity index (χ4v) is 3.25. The Morgan fingerprint density at radius 3 is 1.87 bits per heavy atom. The molecular formula is C19H23F6N3O2. The van der Waals surface area contributed by atoms with E-state index in [0.29, 0.717) is 38.1 Å². The van der Waals surface area contributed by atoms with Gasteiger partial charge in [0.25, 0.3) is 0 Å². The van der Waals surface area contributed by atoms with Gasteiger partial charge in [-0.3, -0.25) is 9.59 Å². The highest BCUT2D eigenvalue weighted by Crippen LogP contribution is 2.37. The number of amides is 2. The Morgan fingerprint density at radius 2 is 1.47 bits per heavy atom. The van der Waals surface area contributed by atoms with Crippen molar-refractivity contribution in [3.05, 3.63) is 29.3 Å². The van der Waals surface area contributed by atoms with Gasteiger partial charge in [-0.25, -0.2) is 0 Å². The van der Waals surface area contributed by atoms with E-state index in [2.05, 4.69) is 5.32 Å². The Morgan fingerprint density at radius 1 is 1.00 bits per heavy atom. The number of rotatable bonds is 4. The molecule has 11 heteroatoms. The highest BCUT2D eigenvalue weighted by Gasteiger charge is 2.37. The summed E-state index contributed by atoms with van der Waals surface area (Å²) in [6, 6.07) is 0.941. The average Bonchev–Trinajstić information content (AvgIpc) is 2.59. The molecule has 0 bridgehead atoms. The van der Waals surface area contributed by atoms with Gasteiger partial charge < -0.3 is 16.0 Å². The molecule has 0 aliphatic carbocycles. The third-order valence-electron chi connectivity index (χ3n) is 4.80. The molecule has 1 aromatic rings. The van der Waals surface area contributed by atoms with Gasteiger partial charge in [-0.2, -0.15) is 26.3 Å². The summed E-state index contributed by atoms with van der Waals surface area (Å²) < 4.78 is 77.5. The lowest BCUT2D eigenvalue weighted by molar-refractivity contribution is -0.143. The van der Waals surface area contributed by atoms with Crippen molar-refractivity contribution in [2.45, 2.75) is 51.0 Å². The molecule has 1 heterocycles. The maximum absolute atomic E-state index is 12.9. The molecule has 1 saturated heterocycles. The van der Waals surface area contributed by atoms with Crippen molar-refractivity contribution in [3.63, 3.8) is 0 Å². The first-order chi connectivity index (χ1) is 13.6. The Kier molecular flexibility index (Phi) is 6.75. The normalized spacial score (nSPS) is 16.5. The largest absolute Gasteiger partial charge is 0.416 e. The maximum Gasteiger partial charge on any atom is 0.416 e. The summed E-state index contributed by atoms with van der Waals surface area (Å²) in [6.07, 6.45) is -9.10. The average molecular weight is 439 g/mol. The number of halogens is 6. The summed E-state index contributed by atoms with van der Waals surface area (Å²) in [7, 11) is 0. The quantitative estimate of drug-likeness (QED) is 0.696. The molecule has 1 fully saturated rings. The van der Waals surface area contributed by atoms with E-state index in [1.165, 1.54) is 0 Å². The monoisotopic (exact) mass is 439 g/mol. The third kappa shape index (κ3) is 6.35. The summed E-state index contributed by atoms with van der Waals surface area (Å²) in [5.41, 5.74) is 1.19. The van der Waals surface area contributed by atoms with Crippen molar-refractivity contribution < 1.29 is 35.9 Å². The molecule has 2 rings (SSSR count). The number of carbonyl (C=O) groups is 2. The minimum absolute atomic E-state index is 0.00131. The van der Waals surface area contributed by atoms with Crippen LogP contribution in [0.3, 0.4) is 0 Å². The van der Waals surface area contributed by atoms with E-state index < -0.39 is 40.6 Å². The number of alkyl halides is 6. The predicted octanol–water partition coefficient (Wildman–Crippen LogP) is 4.03. The van der Waals surface area contributed by atoms with Crippen LogP contribution in [-0.4, -0.2) is 35.3 Å². The van der Waals surface area contributed by atoms with E-state index in [1.807, 2.05) is 0 Å². The Labute approximate surface area is 169 Å². The summed E-state index contributed by atoms with van der Waals surface area (Å²) in [4.78, 5) is 25.9. The SMILES string of the molecule is CC(C)(N)C(=O)N1CCC(CC(=O)Nc2cc(C(F)(F)F)cc(C(F)(F)F)c2)CC1. The van der Waals surface area contributed by atoms with Crippen LogP contribution in [0.1, 0.15) is 44.2 Å². The van der Waals surface area contributed by atoms with Crippen LogP contribution in [0.4, 0.5) is 32.0 Å². The lowest BCUT2D eigenvalue weighted by Gasteiger charge is -2.35. The zero-order valence-corrected chi connectivity index (χ0v) is 16.5. The molecule has 168 valence electrons. The van der Waals surface area contributed by atoms with Gasteiger partial charge in [-0.15, -0.1) is 0 Å². The molecule has 1 aliphatic rings. The lowest BCUT2D eigenvalue weighted by atomic mass is 9.92. The first-order valence-corrected chi connectivity index (χ1v) is 9.25. The second-order valence-corrected chi connectivity index (χ2v) is 8.00. The van der Waals surface area contributed by atoms with Crippen LogP contribution in [0, 0.1) is 5.92 Å². The summed E-state index contributed by atoms with van der Waals surface area (Å²) in [6.45, 7) is 3.91. The number of likely N-dealkylation sites (tertiary alicyclic amines) is 1. The van der Waals surface area contributed by atoms with Crippen LogP contribution in [-0.2, 0) is 21.9 Å². The Hall–Kier alpha value is -2.30. The number of nitrogens with two attached hydrogens (primary N) is 1. The van der Waals surface area contributed by atoms with Crippen molar-refractivity contribution in [1.29, 1.82) is 0 Å². The Bertz CT molecular complexity index is 759. The molecule has 1 aromatic carbocycles. The number of hydrogen-bond donors (Lipinski definition) is 2. The van der Waals surface area contributed by atoms with Crippen molar-refractivity contribution in [2.24, 2.45) is 11.7 Å². The first-order valence-electron chi connectivity index (χ1n) is 9.25. The van der Waals surface area contributed by atoms with E-state index >= 15 is 0 Å². The molecule has 0 unspecified atom stereocenters. The molecule has 3 N–H and O–H groups in total. The molecule has 1 aliphatic heterocycles. The smallest absolute Gasteiger partial charge is 0.341 e. The number of piperidine rings is 1. The second kappa shape index (κ2) is 8.44. The molecule has 0 radical (unpaired) electrons. The molecule has 5 nitrogen and oxygen atoms in total. The number of hydrogen-bond acceptors (Lipinski definition) is 3. The van der Waals surface area contributed by atoms with E-state index in [-0.39, 0.29) is 24.3 Å². The number of anilines is 1. The highest BCUT2D eigenvalue weighted by atomic mass is 19.4. The molecule has 0 saturated carbocycles. The van der Waals surface area contributed by atoms with Crippen molar-refractivity contribution >= 4 is 17.5 Å². The first kappa shape index (κ1) is 24.0. The van der Waals surface area contributed by atoms with E-state index in [1.54, 1.807) is 18.7 Å². The molecule has 2 amide bonds. The van der Waals surface area contributed by atoms with Crippen LogP contribution >= 0.6 is 0 Å². The van der Waals surface area contributed by atoms with Crippen LogP contribution in [0.25, 0.3) is 0 Å². The topological polar surface area (TPSA) is 75.4 Å². The molecule has 0 atom stereocenters. The van der Waals surface area contributed by atoms with Crippen LogP contribution in [0.5, 0.6) is 0 Å². The van der Waals surface area contributed by atoms with E-state index in [0.717, 1.165) is 0 Å². The maximum atomic E-state index is 12.9. The molecule has 30 heavy (non-hydrogen) atoms. The van der Waals surface area contributed by atoms with E-state index in [4.69, 9.17) is 5.73 Å². The molecule has 0 aromatic heterocycles. The van der Waals surface area contributed by atoms with Crippen LogP contribution in [0.15, 0.2) is 18.2 Å². The Balaban J connectivity index is 2.03. The van der Waals surface area contributed by atoms with Gasteiger partial charge in [0.2, 0.25) is 11.8 Å². The minimum atomic E-state index is -4.99. The van der Waals surface area contributed by atoms with Gasteiger partial charge in [-0.05, 0) is 50.8 Å². The van der Waals surface area contributed by atoms with Gasteiger partial charge in [0.1, 0.15) is 0 Å². The van der Waals surface area contributed by atoms with Crippen molar-refractivity contribution in [1.82, 2.24) is 4.90 Å². The van der Waals surface area contributed by atoms with Crippen molar-refractivity contribution in [3.8, 4) is 0 Å². The zero-order chi connectivity index (χ0) is 22.9. The number of benzene rings is 1. The van der Waals surface area contributed by atoms with E-state index in [9.17, 15) is 35.9 Å². The summed E-state index contributed by atoms with van der Waals surface area (Å²) in [5.74, 6) is -1.07. The molecule has 0 spiro atoms. The minimum Gasteiger partial charge on any atom is -0.341 e. The van der Waals surface area contributed by atoms with Crippen molar-refractivity contribution in [2.75, 3.05) is 18.4 Å². The van der Waals surface area contributed by atoms with Gasteiger partial charge in [0.05, 0.1) is 16.7 Å². The van der Waals surface area contributed by atoms with Crippen LogP contribution < -0.4 is 11.1 Å². The molecular weight excluding hydrogens is 416 g/mol. The fraction of sp³-hybridized carbons (Fsp3) is 0.579. The zero-order valence-electron chi connectivity index (χ0n) is 16.5. The van der Waals surface area contributed by atoms with Gasteiger partial charge >= 0.3 is 12.4 Å². The standard InChI is InChI=1S/C19H23F6N3O2/c1-17(2,26)16(30)28-5-3-11(4-6-28)7-15(29)27-14-9-12(18(20,21)22)8-13(10-14)19(23,24)25/h8-11H,3-7,26H2,1-2H3,(H,27,29). The lowest BCUT2D eigenvalue weighted by Crippen LogP contribution is -2.53. The van der Waals surface area contributed by atoms with Gasteiger partial charge in [-0.1, -0.05) is 0 Å². The van der Waals surface area contributed by atoms with Gasteiger partial charge in [0, 0.05) is 25.2 Å². The summed E-state index contributed by atoms with van der Waals surface area (Å²) in [5, 5.41) is 2.13. The number of carbonyl (C=O) groups excluding carboxylic acids is 2. The highest BCUT2D eigenvalue weighted by molar-refractivity contribution is 5.91. The van der Waals surface area contributed by atoms with Crippen LogP contribution in [0.2, 0.25) is 0 Å². The van der Waals surface area contributed by atoms with Gasteiger partial charge in [0.15, 0.2) is 0 Å².